The Kier molecular flexibility index (Phi) is 4.73. The average Bonchev–Trinajstić information content (AvgIpc) is 2.83. The number of aromatic nitrogens is 3. The van der Waals surface area contributed by atoms with Crippen LogP contribution in [0.4, 0.5) is 0 Å². The molecule has 0 radical (unpaired) electrons. The summed E-state index contributed by atoms with van der Waals surface area (Å²) in [6.07, 6.45) is 4.19. The van der Waals surface area contributed by atoms with Gasteiger partial charge in [-0.3, -0.25) is 5.10 Å². The van der Waals surface area contributed by atoms with E-state index in [0.29, 0.717) is 10.8 Å². The lowest BCUT2D eigenvalue weighted by Gasteiger charge is -1.96. The molecule has 2 rings (SSSR count). The van der Waals surface area contributed by atoms with E-state index in [-0.39, 0.29) is 0 Å². The summed E-state index contributed by atoms with van der Waals surface area (Å²) >= 11 is 5.94. The zero-order valence-electron chi connectivity index (χ0n) is 10.2. The second-order valence-corrected chi connectivity index (χ2v) is 4.65. The molecule has 4 nitrogen and oxygen atoms in total. The van der Waals surface area contributed by atoms with Crippen molar-refractivity contribution < 1.29 is 0 Å². The number of aromatic amines is 1. The monoisotopic (exact) mass is 264 g/mol. The zero-order valence-corrected chi connectivity index (χ0v) is 11.0. The number of nitrogens with one attached hydrogen (secondary N) is 1. The molecule has 0 unspecified atom stereocenters. The van der Waals surface area contributed by atoms with E-state index in [2.05, 4.69) is 15.2 Å². The van der Waals surface area contributed by atoms with Gasteiger partial charge in [0.1, 0.15) is 5.82 Å². The zero-order chi connectivity index (χ0) is 12.8. The molecule has 0 fully saturated rings. The average molecular weight is 265 g/mol. The fourth-order valence-electron chi connectivity index (χ4n) is 1.78. The van der Waals surface area contributed by atoms with Gasteiger partial charge in [-0.2, -0.15) is 5.10 Å². The molecule has 0 atom stereocenters. The van der Waals surface area contributed by atoms with Crippen molar-refractivity contribution in [1.29, 1.82) is 0 Å². The summed E-state index contributed by atoms with van der Waals surface area (Å²) in [5.74, 6) is 1.62. The Morgan fingerprint density at radius 1 is 1.22 bits per heavy atom. The van der Waals surface area contributed by atoms with E-state index in [9.17, 15) is 0 Å². The van der Waals surface area contributed by atoms with Crippen molar-refractivity contribution in [2.24, 2.45) is 5.73 Å². The molecular weight excluding hydrogens is 248 g/mol. The number of hydrogen-bond acceptors (Lipinski definition) is 3. The molecule has 3 N–H and O–H groups in total. The van der Waals surface area contributed by atoms with Crippen molar-refractivity contribution in [3.8, 4) is 11.4 Å². The molecule has 0 aliphatic heterocycles. The molecule has 0 saturated carbocycles. The number of nitrogens with two attached hydrogens (primary N) is 1. The predicted molar refractivity (Wildman–Crippen MR) is 73.4 cm³/mol. The van der Waals surface area contributed by atoms with Gasteiger partial charge in [0.2, 0.25) is 0 Å². The van der Waals surface area contributed by atoms with Crippen LogP contribution in [-0.2, 0) is 6.42 Å². The van der Waals surface area contributed by atoms with Crippen molar-refractivity contribution in [2.75, 3.05) is 6.54 Å². The molecule has 2 aromatic rings. The van der Waals surface area contributed by atoms with E-state index in [1.165, 1.54) is 0 Å². The minimum Gasteiger partial charge on any atom is -0.330 e. The van der Waals surface area contributed by atoms with Gasteiger partial charge in [0.15, 0.2) is 5.82 Å². The van der Waals surface area contributed by atoms with E-state index in [0.717, 1.165) is 43.6 Å². The molecule has 1 heterocycles. The van der Waals surface area contributed by atoms with Crippen LogP contribution in [-0.4, -0.2) is 21.7 Å². The summed E-state index contributed by atoms with van der Waals surface area (Å²) in [6.45, 7) is 0.754. The normalized spacial score (nSPS) is 10.8. The fourth-order valence-corrected chi connectivity index (χ4v) is 1.97. The molecule has 1 aromatic carbocycles. The molecular formula is C13H17ClN4. The Morgan fingerprint density at radius 2 is 2.11 bits per heavy atom. The highest BCUT2D eigenvalue weighted by Gasteiger charge is 2.05. The van der Waals surface area contributed by atoms with Gasteiger partial charge in [-0.25, -0.2) is 4.98 Å². The van der Waals surface area contributed by atoms with Crippen molar-refractivity contribution in [2.45, 2.75) is 25.7 Å². The topological polar surface area (TPSA) is 67.6 Å². The Balaban J connectivity index is 1.97. The molecule has 18 heavy (non-hydrogen) atoms. The number of benzene rings is 1. The third-order valence-electron chi connectivity index (χ3n) is 2.73. The quantitative estimate of drug-likeness (QED) is 0.789. The van der Waals surface area contributed by atoms with E-state index in [1.54, 1.807) is 0 Å². The second kappa shape index (κ2) is 6.52. The number of nitrogens with zero attached hydrogens (tertiary/aromatic N) is 2. The van der Waals surface area contributed by atoms with Gasteiger partial charge < -0.3 is 5.73 Å². The summed E-state index contributed by atoms with van der Waals surface area (Å²) in [4.78, 5) is 4.46. The number of H-pyrrole nitrogens is 1. The molecule has 5 heteroatoms. The maximum atomic E-state index is 5.94. The first-order valence-corrected chi connectivity index (χ1v) is 6.54. The van der Waals surface area contributed by atoms with Crippen LogP contribution in [0.2, 0.25) is 5.02 Å². The first-order chi connectivity index (χ1) is 8.79. The van der Waals surface area contributed by atoms with Crippen LogP contribution < -0.4 is 5.73 Å². The minimum atomic E-state index is 0.696. The highest BCUT2D eigenvalue weighted by atomic mass is 35.5. The van der Waals surface area contributed by atoms with Crippen LogP contribution in [0.1, 0.15) is 25.1 Å². The third-order valence-corrected chi connectivity index (χ3v) is 2.97. The second-order valence-electron chi connectivity index (χ2n) is 4.22. The molecule has 1 aromatic heterocycles. The smallest absolute Gasteiger partial charge is 0.181 e. The lowest BCUT2D eigenvalue weighted by molar-refractivity contribution is 0.670. The van der Waals surface area contributed by atoms with Gasteiger partial charge in [-0.15, -0.1) is 0 Å². The Morgan fingerprint density at radius 3 is 2.89 bits per heavy atom. The summed E-state index contributed by atoms with van der Waals surface area (Å²) in [7, 11) is 0. The lowest BCUT2D eigenvalue weighted by atomic mass is 10.2. The van der Waals surface area contributed by atoms with E-state index >= 15 is 0 Å². The molecule has 96 valence electrons. The molecule has 0 spiro atoms. The Hall–Kier alpha value is -1.39. The standard InChI is InChI=1S/C13H17ClN4/c14-11-6-4-5-10(9-11)13-16-12(17-18-13)7-2-1-3-8-15/h4-6,9H,1-3,7-8,15H2,(H,16,17,18). The fraction of sp³-hybridized carbons (Fsp3) is 0.385. The van der Waals surface area contributed by atoms with Gasteiger partial charge in [0, 0.05) is 17.0 Å². The van der Waals surface area contributed by atoms with Crippen LogP contribution in [0.3, 0.4) is 0 Å². The van der Waals surface area contributed by atoms with E-state index in [1.807, 2.05) is 24.3 Å². The SMILES string of the molecule is NCCCCCc1nc(-c2cccc(Cl)c2)n[nH]1. The molecule has 0 aliphatic rings. The molecule has 0 aliphatic carbocycles. The number of halogens is 1. The van der Waals surface area contributed by atoms with Crippen LogP contribution in [0, 0.1) is 0 Å². The third kappa shape index (κ3) is 3.55. The van der Waals surface area contributed by atoms with Crippen LogP contribution >= 0.6 is 11.6 Å². The van der Waals surface area contributed by atoms with E-state index < -0.39 is 0 Å². The number of rotatable bonds is 6. The predicted octanol–water partition coefficient (Wildman–Crippen LogP) is 2.80. The molecule has 0 bridgehead atoms. The summed E-state index contributed by atoms with van der Waals surface area (Å²) < 4.78 is 0. The van der Waals surface area contributed by atoms with Crippen LogP contribution in [0.25, 0.3) is 11.4 Å². The maximum absolute atomic E-state index is 5.94. The largest absolute Gasteiger partial charge is 0.330 e. The van der Waals surface area contributed by atoms with E-state index in [4.69, 9.17) is 17.3 Å². The van der Waals surface area contributed by atoms with Crippen LogP contribution in [0.15, 0.2) is 24.3 Å². The molecule has 0 amide bonds. The lowest BCUT2D eigenvalue weighted by Crippen LogP contribution is -1.98. The first-order valence-electron chi connectivity index (χ1n) is 6.17. The molecule has 0 saturated heterocycles. The van der Waals surface area contributed by atoms with Crippen molar-refractivity contribution in [3.63, 3.8) is 0 Å². The van der Waals surface area contributed by atoms with Crippen molar-refractivity contribution in [3.05, 3.63) is 35.1 Å². The van der Waals surface area contributed by atoms with Crippen LogP contribution in [0.5, 0.6) is 0 Å². The Labute approximate surface area is 112 Å². The van der Waals surface area contributed by atoms with Crippen molar-refractivity contribution >= 4 is 11.6 Å². The maximum Gasteiger partial charge on any atom is 0.181 e. The Bertz CT molecular complexity index is 495. The first kappa shape index (κ1) is 13.1. The van der Waals surface area contributed by atoms with Gasteiger partial charge in [-0.05, 0) is 31.5 Å². The number of hydrogen-bond donors (Lipinski definition) is 2. The van der Waals surface area contributed by atoms with Gasteiger partial charge in [0.25, 0.3) is 0 Å². The summed E-state index contributed by atoms with van der Waals surface area (Å²) in [5.41, 5.74) is 6.39. The summed E-state index contributed by atoms with van der Waals surface area (Å²) in [5, 5.41) is 7.87. The number of aryl methyl sites for hydroxylation is 1. The minimum absolute atomic E-state index is 0.696. The highest BCUT2D eigenvalue weighted by molar-refractivity contribution is 6.30. The number of unbranched alkanes of at least 4 members (excludes halogenated alkanes) is 2. The summed E-state index contributed by atoms with van der Waals surface area (Å²) in [6, 6.07) is 7.55. The highest BCUT2D eigenvalue weighted by Crippen LogP contribution is 2.19. The van der Waals surface area contributed by atoms with Gasteiger partial charge in [0.05, 0.1) is 0 Å². The van der Waals surface area contributed by atoms with Gasteiger partial charge >= 0.3 is 0 Å². The van der Waals surface area contributed by atoms with Crippen molar-refractivity contribution in [1.82, 2.24) is 15.2 Å². The van der Waals surface area contributed by atoms with Gasteiger partial charge in [-0.1, -0.05) is 30.2 Å².